The van der Waals surface area contributed by atoms with Crippen LogP contribution in [0.4, 0.5) is 0 Å². The van der Waals surface area contributed by atoms with Gasteiger partial charge in [-0.25, -0.2) is 0 Å². The van der Waals surface area contributed by atoms with E-state index in [1.807, 2.05) is 0 Å². The Hall–Kier alpha value is -0.0800. The molecule has 0 bridgehead atoms. The molecule has 18 heavy (non-hydrogen) atoms. The van der Waals surface area contributed by atoms with Crippen molar-refractivity contribution in [2.75, 3.05) is 19.6 Å². The molecule has 0 spiro atoms. The zero-order valence-electron chi connectivity index (χ0n) is 12.7. The SMILES string of the molecule is CCN1CCCC1CNC1CCCC(C)(C)CC1. The van der Waals surface area contributed by atoms with Crippen molar-refractivity contribution in [1.29, 1.82) is 0 Å². The van der Waals surface area contributed by atoms with E-state index >= 15 is 0 Å². The van der Waals surface area contributed by atoms with Crippen molar-refractivity contribution in [3.63, 3.8) is 0 Å². The standard InChI is InChI=1S/C16H32N2/c1-4-18-12-6-8-15(18)13-17-14-7-5-10-16(2,3)11-9-14/h14-15,17H,4-13H2,1-3H3. The Morgan fingerprint density at radius 2 is 1.94 bits per heavy atom. The first-order valence-corrected chi connectivity index (χ1v) is 8.08. The molecule has 1 aliphatic heterocycles. The van der Waals surface area contributed by atoms with Crippen molar-refractivity contribution in [2.45, 2.75) is 77.8 Å². The quantitative estimate of drug-likeness (QED) is 0.771. The molecule has 1 saturated carbocycles. The normalized spacial score (nSPS) is 33.5. The molecular formula is C16H32N2. The Morgan fingerprint density at radius 1 is 1.11 bits per heavy atom. The first kappa shape index (κ1) is 14.3. The summed E-state index contributed by atoms with van der Waals surface area (Å²) in [5.41, 5.74) is 0.583. The van der Waals surface area contributed by atoms with E-state index in [2.05, 4.69) is 31.0 Å². The molecule has 1 N–H and O–H groups in total. The molecular weight excluding hydrogens is 220 g/mol. The van der Waals surface area contributed by atoms with E-state index in [-0.39, 0.29) is 0 Å². The lowest BCUT2D eigenvalue weighted by Crippen LogP contribution is -2.41. The third kappa shape index (κ3) is 3.96. The summed E-state index contributed by atoms with van der Waals surface area (Å²) in [6.07, 6.45) is 9.79. The summed E-state index contributed by atoms with van der Waals surface area (Å²) in [5, 5.41) is 3.86. The first-order valence-electron chi connectivity index (χ1n) is 8.08. The molecule has 106 valence electrons. The lowest BCUT2D eigenvalue weighted by Gasteiger charge is -2.26. The zero-order chi connectivity index (χ0) is 13.0. The number of hydrogen-bond donors (Lipinski definition) is 1. The molecule has 2 fully saturated rings. The maximum Gasteiger partial charge on any atom is 0.0221 e. The number of nitrogens with one attached hydrogen (secondary N) is 1. The summed E-state index contributed by atoms with van der Waals surface area (Å²) in [6, 6.07) is 1.59. The highest BCUT2D eigenvalue weighted by Crippen LogP contribution is 2.33. The fourth-order valence-electron chi connectivity index (χ4n) is 3.71. The molecule has 0 aromatic heterocycles. The number of hydrogen-bond acceptors (Lipinski definition) is 2. The van der Waals surface area contributed by atoms with Crippen molar-refractivity contribution in [3.8, 4) is 0 Å². The van der Waals surface area contributed by atoms with Gasteiger partial charge in [-0.3, -0.25) is 4.90 Å². The second kappa shape index (κ2) is 6.38. The summed E-state index contributed by atoms with van der Waals surface area (Å²) in [6.45, 7) is 10.9. The number of nitrogens with zero attached hydrogens (tertiary/aromatic N) is 1. The van der Waals surface area contributed by atoms with Crippen LogP contribution in [-0.2, 0) is 0 Å². The van der Waals surface area contributed by atoms with E-state index in [4.69, 9.17) is 0 Å². The zero-order valence-corrected chi connectivity index (χ0v) is 12.7. The van der Waals surface area contributed by atoms with E-state index in [1.54, 1.807) is 0 Å². The summed E-state index contributed by atoms with van der Waals surface area (Å²) in [7, 11) is 0. The predicted octanol–water partition coefficient (Wildman–Crippen LogP) is 3.42. The molecule has 0 amide bonds. The molecule has 2 rings (SSSR count). The van der Waals surface area contributed by atoms with Crippen LogP contribution in [0.2, 0.25) is 0 Å². The largest absolute Gasteiger partial charge is 0.312 e. The minimum absolute atomic E-state index is 0.583. The van der Waals surface area contributed by atoms with Crippen LogP contribution in [0.25, 0.3) is 0 Å². The molecule has 2 aliphatic rings. The van der Waals surface area contributed by atoms with E-state index in [9.17, 15) is 0 Å². The maximum atomic E-state index is 3.86. The van der Waals surface area contributed by atoms with Gasteiger partial charge in [-0.2, -0.15) is 0 Å². The fourth-order valence-corrected chi connectivity index (χ4v) is 3.71. The van der Waals surface area contributed by atoms with E-state index in [0.717, 1.165) is 12.1 Å². The van der Waals surface area contributed by atoms with Gasteiger partial charge in [0.15, 0.2) is 0 Å². The van der Waals surface area contributed by atoms with Gasteiger partial charge in [0, 0.05) is 18.6 Å². The van der Waals surface area contributed by atoms with Crippen molar-refractivity contribution in [1.82, 2.24) is 10.2 Å². The lowest BCUT2D eigenvalue weighted by molar-refractivity contribution is 0.249. The van der Waals surface area contributed by atoms with Crippen molar-refractivity contribution >= 4 is 0 Å². The third-order valence-corrected chi connectivity index (χ3v) is 5.12. The highest BCUT2D eigenvalue weighted by atomic mass is 15.2. The average molecular weight is 252 g/mol. The molecule has 2 nitrogen and oxygen atoms in total. The topological polar surface area (TPSA) is 15.3 Å². The molecule has 0 aromatic carbocycles. The highest BCUT2D eigenvalue weighted by Gasteiger charge is 2.26. The number of rotatable bonds is 4. The van der Waals surface area contributed by atoms with Crippen LogP contribution in [0.1, 0.15) is 65.7 Å². The molecule has 2 unspecified atom stereocenters. The number of likely N-dealkylation sites (N-methyl/N-ethyl adjacent to an activating group) is 1. The van der Waals surface area contributed by atoms with Crippen molar-refractivity contribution in [2.24, 2.45) is 5.41 Å². The Labute approximate surface area is 114 Å². The van der Waals surface area contributed by atoms with Crippen LogP contribution in [-0.4, -0.2) is 36.6 Å². The average Bonchev–Trinajstić information content (AvgIpc) is 2.72. The first-order chi connectivity index (χ1) is 8.61. The van der Waals surface area contributed by atoms with Crippen molar-refractivity contribution < 1.29 is 0 Å². The van der Waals surface area contributed by atoms with Gasteiger partial charge in [-0.05, 0) is 57.0 Å². The highest BCUT2D eigenvalue weighted by molar-refractivity contribution is 4.84. The Bertz CT molecular complexity index is 249. The summed E-state index contributed by atoms with van der Waals surface area (Å²) >= 11 is 0. The molecule has 1 heterocycles. The van der Waals surface area contributed by atoms with Crippen LogP contribution in [0.5, 0.6) is 0 Å². The predicted molar refractivity (Wildman–Crippen MR) is 78.9 cm³/mol. The minimum Gasteiger partial charge on any atom is -0.312 e. The Morgan fingerprint density at radius 3 is 2.72 bits per heavy atom. The van der Waals surface area contributed by atoms with Gasteiger partial charge in [0.25, 0.3) is 0 Å². The Balaban J connectivity index is 1.73. The molecule has 0 aromatic rings. The lowest BCUT2D eigenvalue weighted by atomic mass is 9.85. The van der Waals surface area contributed by atoms with Gasteiger partial charge in [-0.15, -0.1) is 0 Å². The second-order valence-corrected chi connectivity index (χ2v) is 7.12. The van der Waals surface area contributed by atoms with Crippen LogP contribution >= 0.6 is 0 Å². The van der Waals surface area contributed by atoms with E-state index in [1.165, 1.54) is 64.6 Å². The van der Waals surface area contributed by atoms with Crippen LogP contribution < -0.4 is 5.32 Å². The van der Waals surface area contributed by atoms with Gasteiger partial charge >= 0.3 is 0 Å². The van der Waals surface area contributed by atoms with Crippen molar-refractivity contribution in [3.05, 3.63) is 0 Å². The second-order valence-electron chi connectivity index (χ2n) is 7.12. The maximum absolute atomic E-state index is 3.86. The third-order valence-electron chi connectivity index (χ3n) is 5.12. The summed E-state index contributed by atoms with van der Waals surface area (Å²) < 4.78 is 0. The monoisotopic (exact) mass is 252 g/mol. The molecule has 2 atom stereocenters. The molecule has 2 heteroatoms. The fraction of sp³-hybridized carbons (Fsp3) is 1.00. The van der Waals surface area contributed by atoms with Gasteiger partial charge in [0.1, 0.15) is 0 Å². The smallest absolute Gasteiger partial charge is 0.0221 e. The van der Waals surface area contributed by atoms with Gasteiger partial charge in [0.2, 0.25) is 0 Å². The minimum atomic E-state index is 0.583. The van der Waals surface area contributed by atoms with E-state index in [0.29, 0.717) is 5.41 Å². The molecule has 1 aliphatic carbocycles. The molecule has 0 radical (unpaired) electrons. The van der Waals surface area contributed by atoms with Gasteiger partial charge in [-0.1, -0.05) is 27.2 Å². The van der Waals surface area contributed by atoms with Gasteiger partial charge in [0.05, 0.1) is 0 Å². The van der Waals surface area contributed by atoms with E-state index < -0.39 is 0 Å². The molecule has 1 saturated heterocycles. The van der Waals surface area contributed by atoms with Gasteiger partial charge < -0.3 is 5.32 Å². The Kier molecular flexibility index (Phi) is 5.08. The summed E-state index contributed by atoms with van der Waals surface area (Å²) in [4.78, 5) is 2.65. The summed E-state index contributed by atoms with van der Waals surface area (Å²) in [5.74, 6) is 0. The van der Waals surface area contributed by atoms with Crippen LogP contribution in [0.3, 0.4) is 0 Å². The van der Waals surface area contributed by atoms with Crippen LogP contribution in [0, 0.1) is 5.41 Å². The van der Waals surface area contributed by atoms with Crippen LogP contribution in [0.15, 0.2) is 0 Å². The number of likely N-dealkylation sites (tertiary alicyclic amines) is 1.